The number of nitrogens with one attached hydrogen (secondary N) is 2. The van der Waals surface area contributed by atoms with Gasteiger partial charge in [0.1, 0.15) is 0 Å². The van der Waals surface area contributed by atoms with Crippen LogP contribution in [0.2, 0.25) is 0 Å². The molecule has 1 saturated heterocycles. The summed E-state index contributed by atoms with van der Waals surface area (Å²) in [6.07, 6.45) is 1.53. The predicted molar refractivity (Wildman–Crippen MR) is 124 cm³/mol. The first kappa shape index (κ1) is 24.7. The smallest absolute Gasteiger partial charge is 0.309 e. The molecule has 1 aromatic rings. The van der Waals surface area contributed by atoms with Gasteiger partial charge in [-0.25, -0.2) is 0 Å². The Hall–Kier alpha value is -1.36. The number of piperidine rings is 1. The predicted octanol–water partition coefficient (Wildman–Crippen LogP) is 2.65. The maximum atomic E-state index is 12.1. The SMILES string of the molecule is CCOC(=O)C1CCN(C(=NC)NCCNC(=O)c2ccc(Br)cc2)CC1.I. The highest BCUT2D eigenvalue weighted by molar-refractivity contribution is 14.0. The van der Waals surface area contributed by atoms with Crippen molar-refractivity contribution in [2.24, 2.45) is 10.9 Å². The fourth-order valence-corrected chi connectivity index (χ4v) is 3.24. The van der Waals surface area contributed by atoms with Crippen LogP contribution in [0, 0.1) is 5.92 Å². The van der Waals surface area contributed by atoms with E-state index in [1.165, 1.54) is 0 Å². The molecule has 0 radical (unpaired) electrons. The molecule has 1 fully saturated rings. The Morgan fingerprint density at radius 1 is 1.18 bits per heavy atom. The molecule has 2 N–H and O–H groups in total. The van der Waals surface area contributed by atoms with Crippen LogP contribution >= 0.6 is 39.9 Å². The van der Waals surface area contributed by atoms with Crippen molar-refractivity contribution in [2.45, 2.75) is 19.8 Å². The Kier molecular flexibility index (Phi) is 11.4. The first-order valence-corrected chi connectivity index (χ1v) is 10.0. The molecule has 0 aliphatic carbocycles. The first-order valence-electron chi connectivity index (χ1n) is 9.21. The van der Waals surface area contributed by atoms with Crippen molar-refractivity contribution in [3.05, 3.63) is 34.3 Å². The van der Waals surface area contributed by atoms with E-state index < -0.39 is 0 Å². The highest BCUT2D eigenvalue weighted by Gasteiger charge is 2.27. The number of carbonyl (C=O) groups is 2. The molecule has 1 aliphatic heterocycles. The normalized spacial score (nSPS) is 14.8. The third kappa shape index (κ3) is 7.57. The van der Waals surface area contributed by atoms with Crippen LogP contribution in [0.25, 0.3) is 0 Å². The van der Waals surface area contributed by atoms with Crippen molar-refractivity contribution in [1.29, 1.82) is 0 Å². The average Bonchev–Trinajstić information content (AvgIpc) is 2.69. The maximum Gasteiger partial charge on any atom is 0.309 e. The molecule has 0 unspecified atom stereocenters. The number of rotatable bonds is 6. The summed E-state index contributed by atoms with van der Waals surface area (Å²) in [6, 6.07) is 7.24. The van der Waals surface area contributed by atoms with Crippen molar-refractivity contribution >= 4 is 57.7 Å². The maximum absolute atomic E-state index is 12.1. The third-order valence-corrected chi connectivity index (χ3v) is 4.95. The van der Waals surface area contributed by atoms with Crippen molar-refractivity contribution in [3.8, 4) is 0 Å². The zero-order valence-electron chi connectivity index (χ0n) is 16.2. The van der Waals surface area contributed by atoms with Gasteiger partial charge in [0, 0.05) is 43.3 Å². The number of esters is 1. The molecule has 1 aromatic carbocycles. The van der Waals surface area contributed by atoms with Gasteiger partial charge in [-0.2, -0.15) is 0 Å². The van der Waals surface area contributed by atoms with Crippen LogP contribution in [0.15, 0.2) is 33.7 Å². The molecule has 9 heteroatoms. The van der Waals surface area contributed by atoms with Crippen LogP contribution in [0.5, 0.6) is 0 Å². The van der Waals surface area contributed by atoms with Crippen LogP contribution in [0.3, 0.4) is 0 Å². The number of halogens is 2. The van der Waals surface area contributed by atoms with E-state index in [0.29, 0.717) is 25.3 Å². The number of amides is 1. The third-order valence-electron chi connectivity index (χ3n) is 4.43. The number of carbonyl (C=O) groups excluding carboxylic acids is 2. The number of benzene rings is 1. The van der Waals surface area contributed by atoms with Gasteiger partial charge in [-0.1, -0.05) is 15.9 Å². The number of ether oxygens (including phenoxy) is 1. The van der Waals surface area contributed by atoms with Crippen LogP contribution in [-0.4, -0.2) is 62.6 Å². The lowest BCUT2D eigenvalue weighted by molar-refractivity contribution is -0.149. The van der Waals surface area contributed by atoms with E-state index in [-0.39, 0.29) is 41.8 Å². The molecule has 1 amide bonds. The van der Waals surface area contributed by atoms with Gasteiger partial charge in [0.15, 0.2) is 5.96 Å². The highest BCUT2D eigenvalue weighted by Crippen LogP contribution is 2.18. The van der Waals surface area contributed by atoms with Gasteiger partial charge in [-0.3, -0.25) is 14.6 Å². The molecular weight excluding hydrogens is 539 g/mol. The monoisotopic (exact) mass is 566 g/mol. The van der Waals surface area contributed by atoms with Gasteiger partial charge in [-0.05, 0) is 44.0 Å². The lowest BCUT2D eigenvalue weighted by atomic mass is 9.97. The number of nitrogens with zero attached hydrogens (tertiary/aromatic N) is 2. The second-order valence-corrected chi connectivity index (χ2v) is 7.17. The number of hydrogen-bond donors (Lipinski definition) is 2. The minimum atomic E-state index is -0.102. The topological polar surface area (TPSA) is 83.0 Å². The molecule has 0 bridgehead atoms. The Balaban J connectivity index is 0.00000392. The van der Waals surface area contributed by atoms with E-state index in [0.717, 1.165) is 36.4 Å². The van der Waals surface area contributed by atoms with Crippen LogP contribution in [0.4, 0.5) is 0 Å². The largest absolute Gasteiger partial charge is 0.466 e. The zero-order chi connectivity index (χ0) is 19.6. The van der Waals surface area contributed by atoms with E-state index >= 15 is 0 Å². The minimum Gasteiger partial charge on any atom is -0.466 e. The summed E-state index contributed by atoms with van der Waals surface area (Å²) in [6.45, 7) is 4.84. The molecular formula is C19H28BrIN4O3. The van der Waals surface area contributed by atoms with Gasteiger partial charge in [0.25, 0.3) is 5.91 Å². The summed E-state index contributed by atoms with van der Waals surface area (Å²) in [5.74, 6) is 0.560. The van der Waals surface area contributed by atoms with E-state index in [4.69, 9.17) is 4.74 Å². The average molecular weight is 567 g/mol. The second kappa shape index (κ2) is 13.0. The van der Waals surface area contributed by atoms with Gasteiger partial charge < -0.3 is 20.3 Å². The second-order valence-electron chi connectivity index (χ2n) is 6.25. The summed E-state index contributed by atoms with van der Waals surface area (Å²) in [4.78, 5) is 30.3. The van der Waals surface area contributed by atoms with E-state index in [2.05, 4.69) is 36.5 Å². The Morgan fingerprint density at radius 2 is 1.79 bits per heavy atom. The summed E-state index contributed by atoms with van der Waals surface area (Å²) in [7, 11) is 1.74. The lowest BCUT2D eigenvalue weighted by Crippen LogP contribution is -2.48. The van der Waals surface area contributed by atoms with E-state index in [1.54, 1.807) is 19.2 Å². The molecule has 0 atom stereocenters. The van der Waals surface area contributed by atoms with Crippen molar-refractivity contribution < 1.29 is 14.3 Å². The van der Waals surface area contributed by atoms with Crippen LogP contribution in [-0.2, 0) is 9.53 Å². The Bertz CT molecular complexity index is 662. The summed E-state index contributed by atoms with van der Waals surface area (Å²) >= 11 is 3.35. The molecule has 1 aliphatic rings. The number of aliphatic imine (C=N–C) groups is 1. The summed E-state index contributed by atoms with van der Waals surface area (Å²) < 4.78 is 6.04. The fourth-order valence-electron chi connectivity index (χ4n) is 2.97. The summed E-state index contributed by atoms with van der Waals surface area (Å²) in [5, 5.41) is 6.15. The van der Waals surface area contributed by atoms with Gasteiger partial charge in [0.05, 0.1) is 12.5 Å². The molecule has 156 valence electrons. The molecule has 1 heterocycles. The van der Waals surface area contributed by atoms with E-state index in [1.807, 2.05) is 19.1 Å². The van der Waals surface area contributed by atoms with Crippen molar-refractivity contribution in [3.63, 3.8) is 0 Å². The Labute approximate surface area is 191 Å². The zero-order valence-corrected chi connectivity index (χ0v) is 20.2. The van der Waals surface area contributed by atoms with Crippen LogP contribution < -0.4 is 10.6 Å². The van der Waals surface area contributed by atoms with Crippen molar-refractivity contribution in [1.82, 2.24) is 15.5 Å². The summed E-state index contributed by atoms with van der Waals surface area (Å²) in [5.41, 5.74) is 0.628. The lowest BCUT2D eigenvalue weighted by Gasteiger charge is -2.33. The molecule has 28 heavy (non-hydrogen) atoms. The molecule has 0 spiro atoms. The quantitative estimate of drug-likeness (QED) is 0.182. The van der Waals surface area contributed by atoms with E-state index in [9.17, 15) is 9.59 Å². The number of hydrogen-bond acceptors (Lipinski definition) is 4. The molecule has 7 nitrogen and oxygen atoms in total. The standard InChI is InChI=1S/C19H27BrN4O3.HI/c1-3-27-18(26)15-8-12-24(13-9-15)19(21-2)23-11-10-22-17(25)14-4-6-16(20)7-5-14;/h4-7,15H,3,8-13H2,1-2H3,(H,21,23)(H,22,25);1H. The van der Waals surface area contributed by atoms with Gasteiger partial charge >= 0.3 is 5.97 Å². The Morgan fingerprint density at radius 3 is 2.36 bits per heavy atom. The minimum absolute atomic E-state index is 0. The van der Waals surface area contributed by atoms with Gasteiger partial charge in [-0.15, -0.1) is 24.0 Å². The number of likely N-dealkylation sites (tertiary alicyclic amines) is 1. The molecule has 0 saturated carbocycles. The number of guanidine groups is 1. The van der Waals surface area contributed by atoms with Crippen LogP contribution in [0.1, 0.15) is 30.1 Å². The van der Waals surface area contributed by atoms with Crippen molar-refractivity contribution in [2.75, 3.05) is 39.8 Å². The van der Waals surface area contributed by atoms with Gasteiger partial charge in [0.2, 0.25) is 0 Å². The molecule has 2 rings (SSSR count). The highest BCUT2D eigenvalue weighted by atomic mass is 127. The molecule has 0 aromatic heterocycles. The fraction of sp³-hybridized carbons (Fsp3) is 0.526. The first-order chi connectivity index (χ1) is 13.0.